The Morgan fingerprint density at radius 1 is 1.16 bits per heavy atom. The van der Waals surface area contributed by atoms with E-state index in [2.05, 4.69) is 10.5 Å². The molecule has 0 spiro atoms. The Morgan fingerprint density at radius 2 is 1.92 bits per heavy atom. The average molecular weight is 336 g/mol. The molecule has 1 aromatic heterocycles. The van der Waals surface area contributed by atoms with Crippen LogP contribution >= 0.6 is 0 Å². The highest BCUT2D eigenvalue weighted by Gasteiger charge is 2.53. The predicted molar refractivity (Wildman–Crippen MR) is 92.6 cm³/mol. The quantitative estimate of drug-likeness (QED) is 0.765. The maximum Gasteiger partial charge on any atom is 0.236 e. The van der Waals surface area contributed by atoms with Gasteiger partial charge in [0.2, 0.25) is 5.91 Å². The van der Waals surface area contributed by atoms with Crippen molar-refractivity contribution in [3.63, 3.8) is 0 Å². The van der Waals surface area contributed by atoms with Gasteiger partial charge in [0.1, 0.15) is 5.82 Å². The second-order valence-corrected chi connectivity index (χ2v) is 6.44. The molecule has 0 atom stereocenters. The van der Waals surface area contributed by atoms with Gasteiger partial charge in [-0.1, -0.05) is 41.6 Å². The topological polar surface area (TPSA) is 55.1 Å². The Bertz CT molecular complexity index is 930. The van der Waals surface area contributed by atoms with Crippen molar-refractivity contribution in [1.29, 1.82) is 0 Å². The van der Waals surface area contributed by atoms with Gasteiger partial charge in [-0.3, -0.25) is 4.79 Å². The minimum atomic E-state index is -0.683. The smallest absolute Gasteiger partial charge is 0.236 e. The first-order valence-corrected chi connectivity index (χ1v) is 8.19. The molecule has 0 aliphatic heterocycles. The van der Waals surface area contributed by atoms with Gasteiger partial charge in [0.05, 0.1) is 11.1 Å². The van der Waals surface area contributed by atoms with Gasteiger partial charge < -0.3 is 9.84 Å². The number of hydrogen-bond acceptors (Lipinski definition) is 3. The van der Waals surface area contributed by atoms with E-state index in [4.69, 9.17) is 4.52 Å². The molecule has 5 heteroatoms. The number of rotatable bonds is 4. The first kappa shape index (κ1) is 15.6. The normalized spacial score (nSPS) is 15.0. The van der Waals surface area contributed by atoms with Gasteiger partial charge in [-0.05, 0) is 37.5 Å². The van der Waals surface area contributed by atoms with Crippen LogP contribution in [0.2, 0.25) is 0 Å². The van der Waals surface area contributed by atoms with Crippen LogP contribution in [0.4, 0.5) is 10.1 Å². The number of nitrogens with zero attached hydrogens (tertiary/aromatic N) is 1. The van der Waals surface area contributed by atoms with Crippen LogP contribution in [-0.4, -0.2) is 11.1 Å². The molecule has 1 fully saturated rings. The molecule has 0 saturated heterocycles. The van der Waals surface area contributed by atoms with Gasteiger partial charge in [-0.15, -0.1) is 0 Å². The summed E-state index contributed by atoms with van der Waals surface area (Å²) in [6, 6.07) is 16.1. The summed E-state index contributed by atoms with van der Waals surface area (Å²) in [6.07, 6.45) is 1.40. The van der Waals surface area contributed by atoms with E-state index in [-0.39, 0.29) is 11.7 Å². The van der Waals surface area contributed by atoms with Crippen LogP contribution in [0.1, 0.15) is 24.1 Å². The molecule has 1 heterocycles. The van der Waals surface area contributed by atoms with Crippen molar-refractivity contribution in [3.8, 4) is 11.3 Å². The lowest BCUT2D eigenvalue weighted by Gasteiger charge is -2.12. The lowest BCUT2D eigenvalue weighted by molar-refractivity contribution is -0.118. The van der Waals surface area contributed by atoms with Crippen molar-refractivity contribution in [2.75, 3.05) is 5.32 Å². The summed E-state index contributed by atoms with van der Waals surface area (Å²) in [5.74, 6) is 0.121. The number of halogens is 1. The third-order valence-electron chi connectivity index (χ3n) is 4.67. The van der Waals surface area contributed by atoms with E-state index in [0.29, 0.717) is 35.5 Å². The molecule has 1 aliphatic rings. The molecule has 126 valence electrons. The van der Waals surface area contributed by atoms with Crippen LogP contribution < -0.4 is 5.32 Å². The summed E-state index contributed by atoms with van der Waals surface area (Å²) < 4.78 is 19.1. The van der Waals surface area contributed by atoms with Crippen LogP contribution in [0.15, 0.2) is 59.1 Å². The zero-order valence-corrected chi connectivity index (χ0v) is 13.8. The van der Waals surface area contributed by atoms with Crippen LogP contribution in [0.5, 0.6) is 0 Å². The number of aromatic nitrogens is 1. The highest BCUT2D eigenvalue weighted by Crippen LogP contribution is 2.49. The van der Waals surface area contributed by atoms with Gasteiger partial charge in [0, 0.05) is 17.3 Å². The van der Waals surface area contributed by atoms with Crippen molar-refractivity contribution in [2.45, 2.75) is 25.2 Å². The molecule has 3 aromatic rings. The van der Waals surface area contributed by atoms with Gasteiger partial charge in [-0.25, -0.2) is 4.39 Å². The second kappa shape index (κ2) is 5.84. The Kier molecular flexibility index (Phi) is 3.64. The summed E-state index contributed by atoms with van der Waals surface area (Å²) in [5, 5.41) is 6.91. The molecular weight excluding hydrogens is 319 g/mol. The van der Waals surface area contributed by atoms with Gasteiger partial charge in [0.15, 0.2) is 5.76 Å². The fourth-order valence-corrected chi connectivity index (χ4v) is 2.89. The molecule has 0 bridgehead atoms. The highest BCUT2D eigenvalue weighted by molar-refractivity contribution is 6.01. The van der Waals surface area contributed by atoms with Crippen molar-refractivity contribution in [1.82, 2.24) is 5.16 Å². The number of anilines is 1. The standard InChI is InChI=1S/C20H17FN2O2/c1-13-7-8-15(11-16(13)21)22-19(24)20(9-10-20)18-12-17(25-23-18)14-5-3-2-4-6-14/h2-8,11-12H,9-10H2,1H3,(H,22,24). The van der Waals surface area contributed by atoms with Crippen molar-refractivity contribution in [2.24, 2.45) is 0 Å². The largest absolute Gasteiger partial charge is 0.356 e. The molecule has 1 amide bonds. The van der Waals surface area contributed by atoms with E-state index in [1.54, 1.807) is 19.1 Å². The average Bonchev–Trinajstić information content (AvgIpc) is 3.29. The number of benzene rings is 2. The van der Waals surface area contributed by atoms with E-state index >= 15 is 0 Å². The Labute approximate surface area is 144 Å². The molecule has 0 radical (unpaired) electrons. The summed E-state index contributed by atoms with van der Waals surface area (Å²) in [6.45, 7) is 1.68. The summed E-state index contributed by atoms with van der Waals surface area (Å²) in [5.41, 5.74) is 1.85. The highest BCUT2D eigenvalue weighted by atomic mass is 19.1. The van der Waals surface area contributed by atoms with Crippen LogP contribution in [0.3, 0.4) is 0 Å². The molecule has 1 N–H and O–H groups in total. The van der Waals surface area contributed by atoms with Crippen molar-refractivity contribution in [3.05, 3.63) is 71.7 Å². The van der Waals surface area contributed by atoms with Gasteiger partial charge in [0.25, 0.3) is 0 Å². The first-order valence-electron chi connectivity index (χ1n) is 8.19. The number of amides is 1. The van der Waals surface area contributed by atoms with Crippen LogP contribution in [0.25, 0.3) is 11.3 Å². The van der Waals surface area contributed by atoms with Crippen molar-refractivity contribution >= 4 is 11.6 Å². The van der Waals surface area contributed by atoms with E-state index in [0.717, 1.165) is 5.56 Å². The number of carbonyl (C=O) groups excluding carboxylic acids is 1. The monoisotopic (exact) mass is 336 g/mol. The maximum atomic E-state index is 13.7. The Balaban J connectivity index is 1.56. The van der Waals surface area contributed by atoms with Crippen LogP contribution in [0, 0.1) is 12.7 Å². The zero-order valence-electron chi connectivity index (χ0n) is 13.8. The molecule has 4 nitrogen and oxygen atoms in total. The first-order chi connectivity index (χ1) is 12.1. The summed E-state index contributed by atoms with van der Waals surface area (Å²) in [4.78, 5) is 12.7. The predicted octanol–water partition coefficient (Wildman–Crippen LogP) is 4.46. The zero-order chi connectivity index (χ0) is 17.4. The molecule has 0 unspecified atom stereocenters. The van der Waals surface area contributed by atoms with Crippen molar-refractivity contribution < 1.29 is 13.7 Å². The SMILES string of the molecule is Cc1ccc(NC(=O)C2(c3cc(-c4ccccc4)on3)CC2)cc1F. The Morgan fingerprint density at radius 3 is 2.60 bits per heavy atom. The third-order valence-corrected chi connectivity index (χ3v) is 4.67. The lowest BCUT2D eigenvalue weighted by atomic mass is 10.00. The maximum absolute atomic E-state index is 13.7. The molecule has 25 heavy (non-hydrogen) atoms. The molecule has 1 saturated carbocycles. The number of aryl methyl sites for hydroxylation is 1. The fourth-order valence-electron chi connectivity index (χ4n) is 2.89. The van der Waals surface area contributed by atoms with E-state index < -0.39 is 5.41 Å². The lowest BCUT2D eigenvalue weighted by Crippen LogP contribution is -2.28. The number of nitrogens with one attached hydrogen (secondary N) is 1. The minimum absolute atomic E-state index is 0.177. The van der Waals surface area contributed by atoms with Gasteiger partial charge in [-0.2, -0.15) is 0 Å². The van der Waals surface area contributed by atoms with E-state index in [9.17, 15) is 9.18 Å². The third kappa shape index (κ3) is 2.82. The molecule has 1 aliphatic carbocycles. The number of hydrogen-bond donors (Lipinski definition) is 1. The summed E-state index contributed by atoms with van der Waals surface area (Å²) >= 11 is 0. The van der Waals surface area contributed by atoms with Crippen LogP contribution in [-0.2, 0) is 10.2 Å². The van der Waals surface area contributed by atoms with E-state index in [1.807, 2.05) is 36.4 Å². The molecule has 4 rings (SSSR count). The minimum Gasteiger partial charge on any atom is -0.356 e. The van der Waals surface area contributed by atoms with E-state index in [1.165, 1.54) is 6.07 Å². The molecule has 2 aromatic carbocycles. The Hall–Kier alpha value is -2.95. The second-order valence-electron chi connectivity index (χ2n) is 6.44. The van der Waals surface area contributed by atoms with Gasteiger partial charge >= 0.3 is 0 Å². The number of carbonyl (C=O) groups is 1. The molecular formula is C20H17FN2O2. The fraction of sp³-hybridized carbons (Fsp3) is 0.200. The summed E-state index contributed by atoms with van der Waals surface area (Å²) in [7, 11) is 0.